The van der Waals surface area contributed by atoms with Gasteiger partial charge in [-0.1, -0.05) is 178 Å². The molecule has 0 aromatic heterocycles. The summed E-state index contributed by atoms with van der Waals surface area (Å²) < 4.78 is 64.8. The Balaban J connectivity index is 0.000000161. The molecular formula is C88H94BBrF3N9O9. The summed E-state index contributed by atoms with van der Waals surface area (Å²) in [5.41, 5.74) is 19.8. The van der Waals surface area contributed by atoms with Gasteiger partial charge < -0.3 is 51.1 Å². The van der Waals surface area contributed by atoms with E-state index in [4.69, 9.17) is 24.5 Å². The number of aliphatic imine (C=N–C) groups is 3. The largest absolute Gasteiger partial charge is 0.494 e. The molecule has 18 nitrogen and oxygen atoms in total. The van der Waals surface area contributed by atoms with Crippen LogP contribution in [0.4, 0.5) is 22.8 Å². The Labute approximate surface area is 656 Å². The van der Waals surface area contributed by atoms with Crippen molar-refractivity contribution in [2.45, 2.75) is 150 Å². The Morgan fingerprint density at radius 2 is 0.802 bits per heavy atom. The zero-order chi connectivity index (χ0) is 80.1. The first-order valence-corrected chi connectivity index (χ1v) is 37.4. The van der Waals surface area contributed by atoms with Crippen molar-refractivity contribution >= 4 is 76.3 Å². The van der Waals surface area contributed by atoms with Crippen LogP contribution in [0.15, 0.2) is 220 Å². The molecule has 0 aliphatic carbocycles. The lowest BCUT2D eigenvalue weighted by atomic mass is 9.78. The van der Waals surface area contributed by atoms with E-state index >= 15 is 0 Å². The van der Waals surface area contributed by atoms with E-state index in [0.717, 1.165) is 82.3 Å². The molecule has 0 radical (unpaired) electrons. The summed E-state index contributed by atoms with van der Waals surface area (Å²) >= 11 is 3.38. The summed E-state index contributed by atoms with van der Waals surface area (Å²) in [5, 5.41) is 14.5. The number of nitrogens with two attached hydrogens (primary N) is 1. The maximum absolute atomic E-state index is 14.0. The maximum Gasteiger partial charge on any atom is 0.494 e. The highest BCUT2D eigenvalue weighted by Crippen LogP contribution is 2.37. The molecule has 0 spiro atoms. The van der Waals surface area contributed by atoms with E-state index in [1.54, 1.807) is 102 Å². The van der Waals surface area contributed by atoms with Crippen LogP contribution in [-0.4, -0.2) is 97.0 Å². The number of benzene rings is 9. The number of rotatable bonds is 17. The summed E-state index contributed by atoms with van der Waals surface area (Å²) in [6.07, 6.45) is -1.07. The van der Waals surface area contributed by atoms with Gasteiger partial charge in [0.05, 0.1) is 49.0 Å². The number of aryl methyl sites for hydroxylation is 3. The van der Waals surface area contributed by atoms with Crippen LogP contribution < -0.4 is 37.8 Å². The van der Waals surface area contributed by atoms with Gasteiger partial charge in [0.15, 0.2) is 0 Å². The predicted molar refractivity (Wildman–Crippen MR) is 436 cm³/mol. The number of nitrogens with one attached hydrogen (secondary N) is 5. The molecule has 13 rings (SSSR count). The number of halogens is 4. The molecule has 576 valence electrons. The zero-order valence-electron chi connectivity index (χ0n) is 64.7. The van der Waals surface area contributed by atoms with Gasteiger partial charge in [0, 0.05) is 57.5 Å². The van der Waals surface area contributed by atoms with Crippen molar-refractivity contribution in [1.82, 2.24) is 26.6 Å². The van der Waals surface area contributed by atoms with Crippen LogP contribution in [0.25, 0.3) is 22.3 Å². The number of nitrogens with zero attached hydrogens (tertiary/aromatic N) is 3. The van der Waals surface area contributed by atoms with Gasteiger partial charge in [-0.05, 0) is 206 Å². The molecule has 7 N–H and O–H groups in total. The summed E-state index contributed by atoms with van der Waals surface area (Å²) in [6.45, 7) is 26.6. The molecule has 9 aromatic carbocycles. The fourth-order valence-electron chi connectivity index (χ4n) is 12.4. The third-order valence-electron chi connectivity index (χ3n) is 18.9. The Morgan fingerprint density at radius 1 is 0.459 bits per heavy atom. The highest BCUT2D eigenvalue weighted by Gasteiger charge is 2.52. The molecule has 5 amide bonds. The standard InChI is InChI=1S/C29H30FN3O3.C24H22FN3O.C21H25BrN2O3.C14H17BFNO2/c1-18-7-5-9-21(13-18)25(17-32-28(35)36-29(2,3)4)33-27(34)22-10-6-8-19(14-22)20-11-12-23-16-31-26(30)24(23)15-20;1-15-4-2-6-18(10-15)22(13-26)28-24(29)19-7-3-5-16(11-19)17-8-9-20-14-27-23(25)21(20)12-17;1-14-7-5-8-15(11-14)18(13-23-20(26)27-21(2,3)4)24-19(25)16-9-6-10-17(22)12-16;1-13(2)14(3,4)19-15(18-13)10-6-5-9-8-17-12(16)11(9)7-10/h5-15,25H,16-17H2,1-4H3,(H,32,35)(H,33,34);2-12,22H,13-14,26H2,1H3,(H,28,29);5-12,18H,13H2,1-4H3,(H,23,26)(H,24,25);5-7H,8H2,1-4H3. The van der Waals surface area contributed by atoms with Crippen LogP contribution in [0.1, 0.15) is 185 Å². The van der Waals surface area contributed by atoms with Crippen molar-refractivity contribution in [3.8, 4) is 22.3 Å². The highest BCUT2D eigenvalue weighted by atomic mass is 79.9. The van der Waals surface area contributed by atoms with Gasteiger partial charge in [-0.25, -0.2) is 9.59 Å². The third kappa shape index (κ3) is 22.5. The number of fused-ring (bicyclic) bond motifs is 3. The summed E-state index contributed by atoms with van der Waals surface area (Å²) in [4.78, 5) is 74.5. The van der Waals surface area contributed by atoms with Crippen molar-refractivity contribution in [3.63, 3.8) is 0 Å². The molecule has 4 aliphatic rings. The third-order valence-corrected chi connectivity index (χ3v) is 19.4. The molecule has 4 heterocycles. The highest BCUT2D eigenvalue weighted by molar-refractivity contribution is 9.10. The lowest BCUT2D eigenvalue weighted by Crippen LogP contribution is -2.41. The van der Waals surface area contributed by atoms with E-state index in [2.05, 4.69) is 57.5 Å². The van der Waals surface area contributed by atoms with Gasteiger partial charge in [-0.3, -0.25) is 29.4 Å². The van der Waals surface area contributed by atoms with Crippen molar-refractivity contribution in [3.05, 3.63) is 288 Å². The monoisotopic (exact) mass is 1570 g/mol. The van der Waals surface area contributed by atoms with Crippen LogP contribution in [0.5, 0.6) is 0 Å². The number of alkyl carbamates (subject to hydrolysis) is 2. The Bertz CT molecular complexity index is 5020. The Hall–Kier alpha value is -10.8. The lowest BCUT2D eigenvalue weighted by molar-refractivity contribution is 0.00578. The number of amides is 5. The van der Waals surface area contributed by atoms with E-state index in [-0.39, 0.29) is 54.1 Å². The van der Waals surface area contributed by atoms with E-state index in [0.29, 0.717) is 59.6 Å². The van der Waals surface area contributed by atoms with Crippen molar-refractivity contribution in [2.75, 3.05) is 19.6 Å². The molecule has 3 unspecified atom stereocenters. The fraction of sp³-hybridized carbons (Fsp3) is 0.295. The van der Waals surface area contributed by atoms with Gasteiger partial charge in [0.25, 0.3) is 17.7 Å². The molecule has 4 aliphatic heterocycles. The minimum absolute atomic E-state index is 0.160. The summed E-state index contributed by atoms with van der Waals surface area (Å²) in [7, 11) is -0.455. The SMILES string of the molecule is CC1(C)OB(c2ccc3c(c2)C(F)=NC3)OC1(C)C.Cc1cccc(C(CN)NC(=O)c2cccc(-c3ccc4c(c3)C(F)=NC4)c2)c1.Cc1cccc(C(CNC(=O)OC(C)(C)C)NC(=O)c2cccc(-c3ccc4c(c3)C(F)=NC4)c2)c1.Cc1cccc(C(CNC(=O)OC(C)(C)C)NC(=O)c2cccc(Br)c2)c1. The Morgan fingerprint density at radius 3 is 1.18 bits per heavy atom. The Kier molecular flexibility index (Phi) is 26.7. The van der Waals surface area contributed by atoms with Gasteiger partial charge >= 0.3 is 19.3 Å². The van der Waals surface area contributed by atoms with Crippen LogP contribution in [0, 0.1) is 20.8 Å². The van der Waals surface area contributed by atoms with E-state index in [1.165, 1.54) is 0 Å². The average Bonchev–Trinajstić information content (AvgIpc) is 1.62. The number of carbonyl (C=O) groups is 5. The summed E-state index contributed by atoms with van der Waals surface area (Å²) in [5.74, 6) is -1.98. The fourth-order valence-corrected chi connectivity index (χ4v) is 12.8. The van der Waals surface area contributed by atoms with Crippen LogP contribution in [0.2, 0.25) is 0 Å². The normalized spacial score (nSPS) is 14.9. The lowest BCUT2D eigenvalue weighted by Gasteiger charge is -2.32. The maximum atomic E-state index is 14.0. The van der Waals surface area contributed by atoms with Gasteiger partial charge in [0.1, 0.15) is 11.2 Å². The van der Waals surface area contributed by atoms with Gasteiger partial charge in [-0.2, -0.15) is 13.2 Å². The molecule has 111 heavy (non-hydrogen) atoms. The minimum atomic E-state index is -0.626. The number of hydrogen-bond acceptors (Lipinski definition) is 13. The first kappa shape index (κ1) is 82.6. The van der Waals surface area contributed by atoms with Crippen molar-refractivity contribution in [1.29, 1.82) is 0 Å². The number of ether oxygens (including phenoxy) is 2. The second kappa shape index (κ2) is 35.9. The predicted octanol–water partition coefficient (Wildman–Crippen LogP) is 17.2. The van der Waals surface area contributed by atoms with Crippen LogP contribution >= 0.6 is 15.9 Å². The van der Waals surface area contributed by atoms with Crippen LogP contribution in [-0.2, 0) is 38.4 Å². The first-order valence-electron chi connectivity index (χ1n) is 36.7. The van der Waals surface area contributed by atoms with Crippen LogP contribution in [0.3, 0.4) is 0 Å². The molecule has 0 bridgehead atoms. The summed E-state index contributed by atoms with van der Waals surface area (Å²) in [6, 6.07) is 60.8. The van der Waals surface area contributed by atoms with Crippen molar-refractivity contribution in [2.24, 2.45) is 20.7 Å². The molecule has 23 heteroatoms. The average molecular weight is 1570 g/mol. The molecule has 1 fully saturated rings. The molecule has 3 atom stereocenters. The topological polar surface area (TPSA) is 246 Å². The minimum Gasteiger partial charge on any atom is -0.444 e. The van der Waals surface area contributed by atoms with Crippen molar-refractivity contribution < 1.29 is 55.9 Å². The number of carbonyl (C=O) groups excluding carboxylic acids is 5. The van der Waals surface area contributed by atoms with E-state index < -0.39 is 54.4 Å². The zero-order valence-corrected chi connectivity index (χ0v) is 66.3. The first-order chi connectivity index (χ1) is 52.6. The smallest absolute Gasteiger partial charge is 0.444 e. The molecule has 0 saturated carbocycles. The van der Waals surface area contributed by atoms with Gasteiger partial charge in [0.2, 0.25) is 17.9 Å². The van der Waals surface area contributed by atoms with E-state index in [1.807, 2.05) is 188 Å². The van der Waals surface area contributed by atoms with E-state index in [9.17, 15) is 37.1 Å². The second-order valence-corrected chi connectivity index (χ2v) is 31.5. The molecule has 9 aromatic rings. The molecular weight excluding hydrogens is 1470 g/mol. The number of hydrogen-bond donors (Lipinski definition) is 6. The van der Waals surface area contributed by atoms with Gasteiger partial charge in [-0.15, -0.1) is 0 Å². The molecule has 1 saturated heterocycles. The second-order valence-electron chi connectivity index (χ2n) is 30.6. The quantitative estimate of drug-likeness (QED) is 0.0471.